The van der Waals surface area contributed by atoms with E-state index < -0.39 is 12.1 Å². The van der Waals surface area contributed by atoms with Crippen molar-refractivity contribution < 1.29 is 15.0 Å². The molecule has 21 heavy (non-hydrogen) atoms. The van der Waals surface area contributed by atoms with Crippen LogP contribution in [0, 0.1) is 0 Å². The quantitative estimate of drug-likeness (QED) is 0.785. The second-order valence-electron chi connectivity index (χ2n) is 4.95. The minimum Gasteiger partial charge on any atom is -0.394 e. The van der Waals surface area contributed by atoms with Crippen molar-refractivity contribution in [2.45, 2.75) is 19.1 Å². The van der Waals surface area contributed by atoms with Gasteiger partial charge < -0.3 is 15.5 Å². The molecule has 0 aliphatic carbocycles. The first-order valence-corrected chi connectivity index (χ1v) is 6.87. The van der Waals surface area contributed by atoms with Crippen LogP contribution in [0.4, 0.5) is 0 Å². The van der Waals surface area contributed by atoms with Crippen LogP contribution in [0.15, 0.2) is 54.6 Å². The van der Waals surface area contributed by atoms with E-state index in [1.54, 1.807) is 12.1 Å². The van der Waals surface area contributed by atoms with Crippen LogP contribution < -0.4 is 5.32 Å². The van der Waals surface area contributed by atoms with Gasteiger partial charge in [0.1, 0.15) is 0 Å². The highest BCUT2D eigenvalue weighted by Crippen LogP contribution is 2.19. The summed E-state index contributed by atoms with van der Waals surface area (Å²) in [6.07, 6.45) is -0.803. The summed E-state index contributed by atoms with van der Waals surface area (Å²) in [5.74, 6) is -0.311. The van der Waals surface area contributed by atoms with Gasteiger partial charge in [-0.05, 0) is 30.2 Å². The predicted molar refractivity (Wildman–Crippen MR) is 81.9 cm³/mol. The lowest BCUT2D eigenvalue weighted by atomic mass is 10.0. The molecule has 4 heteroatoms. The molecule has 0 aromatic heterocycles. The van der Waals surface area contributed by atoms with Crippen molar-refractivity contribution in [1.29, 1.82) is 0 Å². The molecule has 3 N–H and O–H groups in total. The summed E-state index contributed by atoms with van der Waals surface area (Å²) in [7, 11) is 0. The number of amides is 1. The smallest absolute Gasteiger partial charge is 0.251 e. The summed E-state index contributed by atoms with van der Waals surface area (Å²) in [5.41, 5.74) is 2.61. The van der Waals surface area contributed by atoms with E-state index in [0.717, 1.165) is 11.1 Å². The van der Waals surface area contributed by atoms with Crippen LogP contribution in [0.3, 0.4) is 0 Å². The monoisotopic (exact) mass is 285 g/mol. The summed E-state index contributed by atoms with van der Waals surface area (Å²) in [4.78, 5) is 12.0. The van der Waals surface area contributed by atoms with Gasteiger partial charge in [-0.25, -0.2) is 0 Å². The topological polar surface area (TPSA) is 69.6 Å². The van der Waals surface area contributed by atoms with Gasteiger partial charge in [0.2, 0.25) is 0 Å². The molecule has 0 fully saturated rings. The molecule has 1 amide bonds. The number of rotatable bonds is 5. The van der Waals surface area contributed by atoms with E-state index in [2.05, 4.69) is 5.32 Å². The second kappa shape index (κ2) is 7.02. The van der Waals surface area contributed by atoms with E-state index in [1.807, 2.05) is 42.5 Å². The van der Waals surface area contributed by atoms with Crippen molar-refractivity contribution in [3.05, 3.63) is 60.2 Å². The van der Waals surface area contributed by atoms with Crippen LogP contribution in [0.25, 0.3) is 11.1 Å². The van der Waals surface area contributed by atoms with E-state index in [0.29, 0.717) is 5.56 Å². The fourth-order valence-corrected chi connectivity index (χ4v) is 2.02. The first kappa shape index (κ1) is 15.2. The van der Waals surface area contributed by atoms with Crippen molar-refractivity contribution in [1.82, 2.24) is 5.32 Å². The zero-order valence-corrected chi connectivity index (χ0v) is 11.9. The number of hydrogen-bond donors (Lipinski definition) is 3. The maximum Gasteiger partial charge on any atom is 0.251 e. The molecule has 0 radical (unpaired) electrons. The lowest BCUT2D eigenvalue weighted by Gasteiger charge is -2.19. The fraction of sp³-hybridized carbons (Fsp3) is 0.235. The molecule has 4 nitrogen and oxygen atoms in total. The van der Waals surface area contributed by atoms with Crippen molar-refractivity contribution >= 4 is 5.91 Å². The number of carbonyl (C=O) groups excluding carboxylic acids is 1. The van der Waals surface area contributed by atoms with E-state index in [4.69, 9.17) is 5.11 Å². The third-order valence-corrected chi connectivity index (χ3v) is 3.35. The SMILES string of the molecule is C[C@H](O)[C@H](CO)NC(=O)c1ccc(-c2ccccc2)cc1. The van der Waals surface area contributed by atoms with Gasteiger partial charge in [0.05, 0.1) is 18.8 Å². The van der Waals surface area contributed by atoms with Crippen LogP contribution in [0.5, 0.6) is 0 Å². The summed E-state index contributed by atoms with van der Waals surface area (Å²) in [6, 6.07) is 16.4. The largest absolute Gasteiger partial charge is 0.394 e. The lowest BCUT2D eigenvalue weighted by Crippen LogP contribution is -2.44. The minimum absolute atomic E-state index is 0.300. The Labute approximate surface area is 124 Å². The number of benzene rings is 2. The Bertz CT molecular complexity index is 579. The minimum atomic E-state index is -0.803. The van der Waals surface area contributed by atoms with Gasteiger partial charge in [-0.1, -0.05) is 42.5 Å². The lowest BCUT2D eigenvalue weighted by molar-refractivity contribution is 0.0758. The standard InChI is InChI=1S/C17H19NO3/c1-12(20)16(11-19)18-17(21)15-9-7-14(8-10-15)13-5-3-2-4-6-13/h2-10,12,16,19-20H,11H2,1H3,(H,18,21)/t12-,16-/m0/s1. The molecule has 2 rings (SSSR count). The van der Waals surface area contributed by atoms with E-state index in [9.17, 15) is 9.90 Å². The van der Waals surface area contributed by atoms with Crippen LogP contribution in [0.2, 0.25) is 0 Å². The fourth-order valence-electron chi connectivity index (χ4n) is 2.02. The first-order chi connectivity index (χ1) is 10.1. The molecule has 0 spiro atoms. The van der Waals surface area contributed by atoms with E-state index >= 15 is 0 Å². The Hall–Kier alpha value is -2.17. The zero-order chi connectivity index (χ0) is 15.2. The Morgan fingerprint density at radius 1 is 1.05 bits per heavy atom. The van der Waals surface area contributed by atoms with Gasteiger partial charge in [-0.2, -0.15) is 0 Å². The highest BCUT2D eigenvalue weighted by atomic mass is 16.3. The first-order valence-electron chi connectivity index (χ1n) is 6.87. The van der Waals surface area contributed by atoms with E-state index in [1.165, 1.54) is 6.92 Å². The second-order valence-corrected chi connectivity index (χ2v) is 4.95. The molecule has 0 bridgehead atoms. The Morgan fingerprint density at radius 3 is 2.14 bits per heavy atom. The summed E-state index contributed by atoms with van der Waals surface area (Å²) < 4.78 is 0. The molecule has 0 aliphatic heterocycles. The average molecular weight is 285 g/mol. The highest BCUT2D eigenvalue weighted by Gasteiger charge is 2.17. The zero-order valence-electron chi connectivity index (χ0n) is 11.9. The van der Waals surface area contributed by atoms with Crippen LogP contribution in [-0.2, 0) is 0 Å². The Balaban J connectivity index is 2.10. The van der Waals surface area contributed by atoms with Crippen molar-refractivity contribution in [3.63, 3.8) is 0 Å². The molecule has 0 saturated carbocycles. The molecule has 0 aliphatic rings. The molecule has 2 aromatic carbocycles. The molecule has 2 aromatic rings. The summed E-state index contributed by atoms with van der Waals surface area (Å²) in [5, 5.41) is 21.1. The number of carbonyl (C=O) groups is 1. The van der Waals surface area contributed by atoms with Crippen molar-refractivity contribution in [2.24, 2.45) is 0 Å². The number of aliphatic hydroxyl groups is 2. The van der Waals surface area contributed by atoms with Gasteiger partial charge >= 0.3 is 0 Å². The normalized spacial score (nSPS) is 13.5. The molecule has 0 unspecified atom stereocenters. The van der Waals surface area contributed by atoms with Gasteiger partial charge in [-0.15, -0.1) is 0 Å². The average Bonchev–Trinajstić information content (AvgIpc) is 2.53. The van der Waals surface area contributed by atoms with Crippen molar-refractivity contribution in [3.8, 4) is 11.1 Å². The molecular weight excluding hydrogens is 266 g/mol. The van der Waals surface area contributed by atoms with Gasteiger partial charge in [-0.3, -0.25) is 4.79 Å². The Kier molecular flexibility index (Phi) is 5.09. The number of hydrogen-bond acceptors (Lipinski definition) is 3. The summed E-state index contributed by atoms with van der Waals surface area (Å²) >= 11 is 0. The third-order valence-electron chi connectivity index (χ3n) is 3.35. The molecule has 110 valence electrons. The predicted octanol–water partition coefficient (Wildman–Crippen LogP) is 1.83. The van der Waals surface area contributed by atoms with Crippen LogP contribution in [0.1, 0.15) is 17.3 Å². The summed E-state index contributed by atoms with van der Waals surface area (Å²) in [6.45, 7) is 1.23. The Morgan fingerprint density at radius 2 is 1.62 bits per heavy atom. The van der Waals surface area contributed by atoms with E-state index in [-0.39, 0.29) is 12.5 Å². The van der Waals surface area contributed by atoms with Crippen molar-refractivity contribution in [2.75, 3.05) is 6.61 Å². The van der Waals surface area contributed by atoms with Gasteiger partial charge in [0, 0.05) is 5.56 Å². The van der Waals surface area contributed by atoms with Gasteiger partial charge in [0.15, 0.2) is 0 Å². The molecular formula is C17H19NO3. The molecule has 2 atom stereocenters. The highest BCUT2D eigenvalue weighted by molar-refractivity contribution is 5.94. The van der Waals surface area contributed by atoms with Crippen LogP contribution in [-0.4, -0.2) is 34.9 Å². The molecule has 0 saturated heterocycles. The van der Waals surface area contributed by atoms with Gasteiger partial charge in [0.25, 0.3) is 5.91 Å². The third kappa shape index (κ3) is 3.90. The number of aliphatic hydroxyl groups excluding tert-OH is 2. The maximum absolute atomic E-state index is 12.0. The van der Waals surface area contributed by atoms with Crippen LogP contribution >= 0.6 is 0 Å². The number of nitrogens with one attached hydrogen (secondary N) is 1. The molecule has 0 heterocycles. The maximum atomic E-state index is 12.0.